The Morgan fingerprint density at radius 2 is 1.40 bits per heavy atom. The maximum Gasteiger partial charge on any atom is 0.0479 e. The van der Waals surface area contributed by atoms with E-state index in [0.717, 1.165) is 0 Å². The first-order valence-electron chi connectivity index (χ1n) is 7.19. The Morgan fingerprint density at radius 1 is 0.800 bits per heavy atom. The molecule has 1 saturated heterocycles. The number of rotatable bonds is 1. The van der Waals surface area contributed by atoms with Crippen LogP contribution >= 0.6 is 0 Å². The monoisotopic (exact) mass is 257 g/mol. The van der Waals surface area contributed by atoms with E-state index in [4.69, 9.17) is 0 Å². The predicted octanol–water partition coefficient (Wildman–Crippen LogP) is 4.57. The second-order valence-corrected chi connectivity index (χ2v) is 5.97. The third kappa shape index (κ3) is 1.26. The fourth-order valence-corrected chi connectivity index (χ4v) is 3.61. The Hall–Kier alpha value is -2.12. The van der Waals surface area contributed by atoms with Crippen LogP contribution in [-0.4, -0.2) is 18.5 Å². The van der Waals surface area contributed by atoms with Crippen molar-refractivity contribution in [3.8, 4) is 0 Å². The van der Waals surface area contributed by atoms with E-state index in [2.05, 4.69) is 66.5 Å². The zero-order valence-electron chi connectivity index (χ0n) is 11.4. The van der Waals surface area contributed by atoms with Crippen molar-refractivity contribution in [3.05, 3.63) is 60.2 Å². The van der Waals surface area contributed by atoms with E-state index < -0.39 is 0 Å². The average Bonchev–Trinajstić information content (AvgIpc) is 3.21. The molecule has 2 atom stereocenters. The van der Waals surface area contributed by atoms with Crippen molar-refractivity contribution >= 4 is 32.3 Å². The summed E-state index contributed by atoms with van der Waals surface area (Å²) in [4.78, 5) is 2.39. The van der Waals surface area contributed by atoms with Crippen molar-refractivity contribution < 1.29 is 0 Å². The summed E-state index contributed by atoms with van der Waals surface area (Å²) in [6, 6.07) is 20.9. The summed E-state index contributed by atoms with van der Waals surface area (Å²) >= 11 is 0. The molecule has 20 heavy (non-hydrogen) atoms. The minimum Gasteiger partial charge on any atom is -0.296 e. The zero-order valence-corrected chi connectivity index (χ0v) is 11.4. The number of hydrogen-bond acceptors (Lipinski definition) is 1. The van der Waals surface area contributed by atoms with Crippen LogP contribution in [0.3, 0.4) is 0 Å². The van der Waals surface area contributed by atoms with Crippen LogP contribution in [-0.2, 0) is 0 Å². The minimum atomic E-state index is 0.611. The molecule has 2 unspecified atom stereocenters. The van der Waals surface area contributed by atoms with Gasteiger partial charge in [0.15, 0.2) is 0 Å². The van der Waals surface area contributed by atoms with Crippen molar-refractivity contribution in [1.29, 1.82) is 0 Å². The van der Waals surface area contributed by atoms with Crippen molar-refractivity contribution in [2.24, 2.45) is 0 Å². The summed E-state index contributed by atoms with van der Waals surface area (Å²) in [5, 5.41) is 8.35. The molecule has 1 nitrogen and oxygen atoms in total. The first-order valence-corrected chi connectivity index (χ1v) is 7.19. The third-order valence-electron chi connectivity index (χ3n) is 4.78. The molecule has 5 rings (SSSR count). The lowest BCUT2D eigenvalue weighted by atomic mass is 9.91. The Balaban J connectivity index is 2.02. The number of likely N-dealkylation sites (N-methyl/N-ethyl adjacent to an activating group) is 1. The van der Waals surface area contributed by atoms with Crippen molar-refractivity contribution in [1.82, 2.24) is 4.90 Å². The molecule has 0 aliphatic carbocycles. The Morgan fingerprint density at radius 3 is 2.10 bits per heavy atom. The largest absolute Gasteiger partial charge is 0.296 e. The molecule has 0 radical (unpaired) electrons. The van der Waals surface area contributed by atoms with Gasteiger partial charge in [-0.05, 0) is 44.9 Å². The number of hydrogen-bond donors (Lipinski definition) is 0. The molecule has 1 aliphatic heterocycles. The molecule has 0 bridgehead atoms. The molecule has 0 amide bonds. The van der Waals surface area contributed by atoms with E-state index in [9.17, 15) is 0 Å². The molecule has 96 valence electrons. The standard InChI is InChI=1S/C19H15N/c1-20-11-17(20)15-9-7-14-6-5-12-3-2-4-13-8-10-16(15)19(14)18(12)13/h2-10,17H,11H2,1H3. The molecular formula is C19H15N. The lowest BCUT2D eigenvalue weighted by Crippen LogP contribution is -1.92. The Kier molecular flexibility index (Phi) is 1.86. The van der Waals surface area contributed by atoms with Gasteiger partial charge in [0.1, 0.15) is 0 Å². The summed E-state index contributed by atoms with van der Waals surface area (Å²) < 4.78 is 0. The van der Waals surface area contributed by atoms with Gasteiger partial charge in [-0.2, -0.15) is 0 Å². The summed E-state index contributed by atoms with van der Waals surface area (Å²) in [6.07, 6.45) is 0. The van der Waals surface area contributed by atoms with Gasteiger partial charge in [0, 0.05) is 12.6 Å². The van der Waals surface area contributed by atoms with Crippen molar-refractivity contribution in [3.63, 3.8) is 0 Å². The smallest absolute Gasteiger partial charge is 0.0479 e. The van der Waals surface area contributed by atoms with Gasteiger partial charge in [-0.25, -0.2) is 0 Å². The molecular weight excluding hydrogens is 242 g/mol. The zero-order chi connectivity index (χ0) is 13.3. The molecule has 4 aromatic carbocycles. The van der Waals surface area contributed by atoms with E-state index in [1.54, 1.807) is 0 Å². The van der Waals surface area contributed by atoms with Crippen LogP contribution in [0.25, 0.3) is 32.3 Å². The van der Waals surface area contributed by atoms with Gasteiger partial charge in [0.05, 0.1) is 0 Å². The molecule has 1 heteroatoms. The second-order valence-electron chi connectivity index (χ2n) is 5.97. The van der Waals surface area contributed by atoms with Gasteiger partial charge in [0.25, 0.3) is 0 Å². The maximum absolute atomic E-state index is 2.39. The van der Waals surface area contributed by atoms with E-state index in [0.29, 0.717) is 6.04 Å². The van der Waals surface area contributed by atoms with E-state index in [-0.39, 0.29) is 0 Å². The third-order valence-corrected chi connectivity index (χ3v) is 4.78. The molecule has 1 fully saturated rings. The fraction of sp³-hybridized carbons (Fsp3) is 0.158. The maximum atomic E-state index is 2.39. The van der Waals surface area contributed by atoms with Crippen molar-refractivity contribution in [2.45, 2.75) is 6.04 Å². The van der Waals surface area contributed by atoms with E-state index in [1.807, 2.05) is 0 Å². The van der Waals surface area contributed by atoms with Gasteiger partial charge in [-0.3, -0.25) is 4.90 Å². The summed E-state index contributed by atoms with van der Waals surface area (Å²) in [5.74, 6) is 0. The van der Waals surface area contributed by atoms with Crippen LogP contribution in [0.5, 0.6) is 0 Å². The Bertz CT molecular complexity index is 938. The van der Waals surface area contributed by atoms with E-state index in [1.165, 1.54) is 44.4 Å². The highest BCUT2D eigenvalue weighted by molar-refractivity contribution is 6.23. The molecule has 0 N–H and O–H groups in total. The first kappa shape index (κ1) is 10.6. The van der Waals surface area contributed by atoms with Gasteiger partial charge in [0.2, 0.25) is 0 Å². The van der Waals surface area contributed by atoms with E-state index >= 15 is 0 Å². The Labute approximate surface area is 117 Å². The van der Waals surface area contributed by atoms with Crippen LogP contribution < -0.4 is 0 Å². The SMILES string of the molecule is CN1CC1c1ccc2ccc3cccc4ccc1c2c34. The van der Waals surface area contributed by atoms with Crippen LogP contribution in [0.2, 0.25) is 0 Å². The van der Waals surface area contributed by atoms with Crippen LogP contribution in [0.1, 0.15) is 11.6 Å². The first-order chi connectivity index (χ1) is 9.83. The lowest BCUT2D eigenvalue weighted by molar-refractivity contribution is 0.633. The predicted molar refractivity (Wildman–Crippen MR) is 85.5 cm³/mol. The summed E-state index contributed by atoms with van der Waals surface area (Å²) in [6.45, 7) is 1.18. The topological polar surface area (TPSA) is 3.01 Å². The highest BCUT2D eigenvalue weighted by Crippen LogP contribution is 2.41. The molecule has 0 spiro atoms. The van der Waals surface area contributed by atoms with Crippen LogP contribution in [0.15, 0.2) is 54.6 Å². The van der Waals surface area contributed by atoms with Gasteiger partial charge in [-0.15, -0.1) is 0 Å². The highest BCUT2D eigenvalue weighted by Gasteiger charge is 2.32. The van der Waals surface area contributed by atoms with Crippen molar-refractivity contribution in [2.75, 3.05) is 13.6 Å². The highest BCUT2D eigenvalue weighted by atomic mass is 15.3. The molecule has 1 heterocycles. The fourth-order valence-electron chi connectivity index (χ4n) is 3.61. The molecule has 0 aromatic heterocycles. The van der Waals surface area contributed by atoms with Crippen LogP contribution in [0, 0.1) is 0 Å². The summed E-state index contributed by atoms with van der Waals surface area (Å²) in [5.41, 5.74) is 1.48. The quantitative estimate of drug-likeness (QED) is 0.356. The summed E-state index contributed by atoms with van der Waals surface area (Å²) in [7, 11) is 2.20. The second kappa shape index (κ2) is 3.50. The molecule has 0 saturated carbocycles. The van der Waals surface area contributed by atoms with Gasteiger partial charge in [-0.1, -0.05) is 54.6 Å². The van der Waals surface area contributed by atoms with Crippen LogP contribution in [0.4, 0.5) is 0 Å². The molecule has 4 aromatic rings. The van der Waals surface area contributed by atoms with Gasteiger partial charge >= 0.3 is 0 Å². The lowest BCUT2D eigenvalue weighted by Gasteiger charge is -2.13. The minimum absolute atomic E-state index is 0.611. The number of nitrogens with zero attached hydrogens (tertiary/aromatic N) is 1. The normalized spacial score (nSPS) is 22.1. The molecule has 1 aliphatic rings. The van der Waals surface area contributed by atoms with Gasteiger partial charge < -0.3 is 0 Å². The number of benzene rings is 4. The average molecular weight is 257 g/mol.